The maximum Gasteiger partial charge on any atom is 0.248 e. The van der Waals surface area contributed by atoms with Crippen molar-refractivity contribution in [3.63, 3.8) is 0 Å². The van der Waals surface area contributed by atoms with E-state index < -0.39 is 17.8 Å². The molecule has 158 valence electrons. The number of amides is 1. The predicted octanol–water partition coefficient (Wildman–Crippen LogP) is 4.11. The number of rotatable bonds is 7. The third kappa shape index (κ3) is 5.25. The topological polar surface area (TPSA) is 126 Å². The number of benzene rings is 2. The normalized spacial score (nSPS) is 11.3. The van der Waals surface area contributed by atoms with Crippen molar-refractivity contribution < 1.29 is 13.9 Å². The van der Waals surface area contributed by atoms with Gasteiger partial charge in [-0.2, -0.15) is 10.2 Å². The molecular weight excluding hydrogens is 399 g/mol. The summed E-state index contributed by atoms with van der Waals surface area (Å²) in [6.45, 7) is 5.34. The van der Waals surface area contributed by atoms with Crippen LogP contribution in [0, 0.1) is 31.0 Å². The molecule has 0 aliphatic rings. The number of hydrogen-bond donors (Lipinski definition) is 3. The number of ether oxygens (including phenoxy) is 1. The highest BCUT2D eigenvalue weighted by Gasteiger charge is 2.13. The number of nitrogens with zero attached hydrogens (tertiary/aromatic N) is 3. The molecule has 1 unspecified atom stereocenters. The minimum Gasteiger partial charge on any atom is -0.475 e. The molecule has 3 aromatic rings. The highest BCUT2D eigenvalue weighted by molar-refractivity contribution is 5.93. The van der Waals surface area contributed by atoms with E-state index in [9.17, 15) is 9.18 Å². The van der Waals surface area contributed by atoms with Gasteiger partial charge in [-0.25, -0.2) is 9.37 Å². The van der Waals surface area contributed by atoms with Crippen LogP contribution >= 0.6 is 0 Å². The summed E-state index contributed by atoms with van der Waals surface area (Å²) in [6, 6.07) is 12.1. The van der Waals surface area contributed by atoms with Crippen LogP contribution in [0.4, 0.5) is 27.5 Å². The third-order valence-corrected chi connectivity index (χ3v) is 4.35. The summed E-state index contributed by atoms with van der Waals surface area (Å²) in [5.41, 5.74) is 8.34. The molecule has 0 radical (unpaired) electrons. The number of aromatic nitrogens is 2. The van der Waals surface area contributed by atoms with Crippen LogP contribution in [0.2, 0.25) is 0 Å². The molecule has 1 heterocycles. The van der Waals surface area contributed by atoms with Crippen LogP contribution in [0.25, 0.3) is 0 Å². The first-order valence-corrected chi connectivity index (χ1v) is 9.41. The number of nitrogens with two attached hydrogens (primary N) is 1. The summed E-state index contributed by atoms with van der Waals surface area (Å²) in [5, 5.41) is 14.8. The van der Waals surface area contributed by atoms with Crippen molar-refractivity contribution >= 4 is 29.0 Å². The molecule has 0 aliphatic carbocycles. The molecule has 9 heteroatoms. The van der Waals surface area contributed by atoms with Gasteiger partial charge in [-0.1, -0.05) is 6.07 Å². The van der Waals surface area contributed by atoms with Crippen LogP contribution in [0.15, 0.2) is 42.6 Å². The van der Waals surface area contributed by atoms with E-state index in [1.54, 1.807) is 43.3 Å². The van der Waals surface area contributed by atoms with Crippen LogP contribution < -0.4 is 21.1 Å². The van der Waals surface area contributed by atoms with Crippen LogP contribution in [0.1, 0.15) is 28.4 Å². The van der Waals surface area contributed by atoms with Gasteiger partial charge in [-0.3, -0.25) is 4.79 Å². The third-order valence-electron chi connectivity index (χ3n) is 4.35. The van der Waals surface area contributed by atoms with Gasteiger partial charge in [0.1, 0.15) is 11.8 Å². The fourth-order valence-electron chi connectivity index (χ4n) is 2.94. The van der Waals surface area contributed by atoms with Gasteiger partial charge in [-0.15, -0.1) is 0 Å². The molecule has 0 saturated heterocycles. The molecule has 0 bridgehead atoms. The van der Waals surface area contributed by atoms with Crippen LogP contribution in [0.5, 0.6) is 5.75 Å². The zero-order valence-corrected chi connectivity index (χ0v) is 17.2. The lowest BCUT2D eigenvalue weighted by molar-refractivity contribution is 0.100. The second-order valence-electron chi connectivity index (χ2n) is 6.91. The van der Waals surface area contributed by atoms with Gasteiger partial charge >= 0.3 is 0 Å². The fourth-order valence-corrected chi connectivity index (χ4v) is 2.94. The summed E-state index contributed by atoms with van der Waals surface area (Å²) in [6.07, 6.45) is 0.457. The number of anilines is 4. The summed E-state index contributed by atoms with van der Waals surface area (Å²) < 4.78 is 20.0. The van der Waals surface area contributed by atoms with E-state index in [0.717, 1.165) is 17.3 Å². The zero-order valence-electron chi connectivity index (χ0n) is 17.2. The Labute approximate surface area is 178 Å². The van der Waals surface area contributed by atoms with Crippen molar-refractivity contribution in [2.45, 2.75) is 26.9 Å². The maximum absolute atomic E-state index is 14.3. The summed E-state index contributed by atoms with van der Waals surface area (Å²) in [5.74, 6) is -0.471. The first-order chi connectivity index (χ1) is 14.8. The Morgan fingerprint density at radius 3 is 2.55 bits per heavy atom. The minimum atomic E-state index is -0.634. The van der Waals surface area contributed by atoms with Gasteiger partial charge in [0.05, 0.1) is 6.20 Å². The summed E-state index contributed by atoms with van der Waals surface area (Å²) in [4.78, 5) is 19.5. The van der Waals surface area contributed by atoms with E-state index >= 15 is 0 Å². The first kappa shape index (κ1) is 21.5. The Morgan fingerprint density at radius 1 is 1.19 bits per heavy atom. The lowest BCUT2D eigenvalue weighted by atomic mass is 10.1. The number of hydrogen-bond acceptors (Lipinski definition) is 7. The SMILES string of the molecule is Cc1cc(Nc2nc(Nc3cccc(C(N)=O)c3)ncc2F)cc(C)c1OC(C)C#N. The molecule has 31 heavy (non-hydrogen) atoms. The first-order valence-electron chi connectivity index (χ1n) is 9.41. The molecule has 1 aromatic heterocycles. The largest absolute Gasteiger partial charge is 0.475 e. The molecule has 2 aromatic carbocycles. The number of nitrogens with one attached hydrogen (secondary N) is 2. The number of aryl methyl sites for hydroxylation is 2. The van der Waals surface area contributed by atoms with Crippen molar-refractivity contribution in [3.8, 4) is 11.8 Å². The average Bonchev–Trinajstić information content (AvgIpc) is 2.73. The van der Waals surface area contributed by atoms with Crippen molar-refractivity contribution in [2.24, 2.45) is 5.73 Å². The van der Waals surface area contributed by atoms with E-state index in [1.165, 1.54) is 0 Å². The quantitative estimate of drug-likeness (QED) is 0.525. The number of nitriles is 1. The number of carbonyl (C=O) groups excluding carboxylic acids is 1. The summed E-state index contributed by atoms with van der Waals surface area (Å²) >= 11 is 0. The molecule has 4 N–H and O–H groups in total. The second-order valence-corrected chi connectivity index (χ2v) is 6.91. The lowest BCUT2D eigenvalue weighted by Gasteiger charge is -2.16. The Morgan fingerprint density at radius 2 is 1.90 bits per heavy atom. The summed E-state index contributed by atoms with van der Waals surface area (Å²) in [7, 11) is 0. The van der Waals surface area contributed by atoms with Gasteiger partial charge in [-0.05, 0) is 62.2 Å². The van der Waals surface area contributed by atoms with Crippen molar-refractivity contribution in [3.05, 3.63) is 65.1 Å². The van der Waals surface area contributed by atoms with Crippen molar-refractivity contribution in [2.75, 3.05) is 10.6 Å². The number of primary amides is 1. The molecule has 0 spiro atoms. The van der Waals surface area contributed by atoms with Crippen molar-refractivity contribution in [1.29, 1.82) is 5.26 Å². The molecule has 1 atom stereocenters. The van der Waals surface area contributed by atoms with Crippen LogP contribution in [-0.4, -0.2) is 22.0 Å². The van der Waals surface area contributed by atoms with Gasteiger partial charge in [0.2, 0.25) is 11.9 Å². The number of halogens is 1. The zero-order chi connectivity index (χ0) is 22.5. The monoisotopic (exact) mass is 420 g/mol. The fraction of sp³-hybridized carbons (Fsp3) is 0.182. The molecule has 8 nitrogen and oxygen atoms in total. The number of carbonyl (C=O) groups is 1. The van der Waals surface area contributed by atoms with E-state index in [1.807, 2.05) is 19.9 Å². The van der Waals surface area contributed by atoms with Gasteiger partial charge in [0, 0.05) is 16.9 Å². The van der Waals surface area contributed by atoms with E-state index in [-0.39, 0.29) is 11.8 Å². The van der Waals surface area contributed by atoms with Gasteiger partial charge in [0.15, 0.2) is 17.7 Å². The van der Waals surface area contributed by atoms with E-state index in [4.69, 9.17) is 15.7 Å². The highest BCUT2D eigenvalue weighted by Crippen LogP contribution is 2.30. The Hall–Kier alpha value is -4.19. The minimum absolute atomic E-state index is 0.0265. The van der Waals surface area contributed by atoms with Crippen LogP contribution in [0.3, 0.4) is 0 Å². The Balaban J connectivity index is 1.84. The molecule has 0 fully saturated rings. The standard InChI is InChI=1S/C22H21FN6O2/c1-12-7-17(8-13(2)19(12)31-14(3)10-24)27-21-18(23)11-26-22(29-21)28-16-6-4-5-15(9-16)20(25)30/h4-9,11,14H,1-3H3,(H2,25,30)(H2,26,27,28,29). The predicted molar refractivity (Wildman–Crippen MR) is 115 cm³/mol. The molecule has 3 rings (SSSR count). The van der Waals surface area contributed by atoms with Crippen LogP contribution in [-0.2, 0) is 0 Å². The average molecular weight is 420 g/mol. The van der Waals surface area contributed by atoms with Gasteiger partial charge in [0.25, 0.3) is 0 Å². The Bertz CT molecular complexity index is 1150. The lowest BCUT2D eigenvalue weighted by Crippen LogP contribution is -2.11. The second kappa shape index (κ2) is 9.09. The highest BCUT2D eigenvalue weighted by atomic mass is 19.1. The maximum atomic E-state index is 14.3. The Kier molecular flexibility index (Phi) is 6.31. The van der Waals surface area contributed by atoms with Crippen molar-refractivity contribution in [1.82, 2.24) is 9.97 Å². The smallest absolute Gasteiger partial charge is 0.248 e. The molecular formula is C22H21FN6O2. The van der Waals surface area contributed by atoms with E-state index in [0.29, 0.717) is 22.7 Å². The molecule has 0 aliphatic heterocycles. The molecule has 1 amide bonds. The van der Waals surface area contributed by atoms with E-state index in [2.05, 4.69) is 20.6 Å². The van der Waals surface area contributed by atoms with Gasteiger partial charge < -0.3 is 21.1 Å². The molecule has 0 saturated carbocycles.